The van der Waals surface area contributed by atoms with E-state index in [1.54, 1.807) is 12.1 Å². The van der Waals surface area contributed by atoms with Gasteiger partial charge in [0.15, 0.2) is 0 Å². The molecule has 3 rings (SSSR count). The minimum absolute atomic E-state index is 0.203. The minimum atomic E-state index is -1.20. The molecule has 1 heterocycles. The number of pyridine rings is 1. The Hall–Kier alpha value is -2.88. The maximum atomic E-state index is 12.2. The van der Waals surface area contributed by atoms with Crippen LogP contribution in [0, 0.1) is 6.92 Å². The molecule has 0 unspecified atom stereocenters. The summed E-state index contributed by atoms with van der Waals surface area (Å²) in [6.07, 6.45) is 1.42. The molecule has 4 heteroatoms. The van der Waals surface area contributed by atoms with Crippen LogP contribution < -0.4 is 5.43 Å². The summed E-state index contributed by atoms with van der Waals surface area (Å²) in [5, 5.41) is 9.66. The third-order valence-corrected chi connectivity index (χ3v) is 3.69. The predicted octanol–water partition coefficient (Wildman–Crippen LogP) is 3.06. The molecule has 1 N–H and O–H groups in total. The van der Waals surface area contributed by atoms with Crippen molar-refractivity contribution < 1.29 is 9.90 Å². The van der Waals surface area contributed by atoms with Crippen molar-refractivity contribution >= 4 is 16.9 Å². The van der Waals surface area contributed by atoms with Gasteiger partial charge in [-0.15, -0.1) is 0 Å². The average Bonchev–Trinajstić information content (AvgIpc) is 2.52. The van der Waals surface area contributed by atoms with Crippen LogP contribution in [0.3, 0.4) is 0 Å². The summed E-state index contributed by atoms with van der Waals surface area (Å²) in [7, 11) is 0. The maximum Gasteiger partial charge on any atom is 0.341 e. The first-order valence-electron chi connectivity index (χ1n) is 6.97. The maximum absolute atomic E-state index is 12.2. The molecule has 0 spiro atoms. The molecule has 0 atom stereocenters. The van der Waals surface area contributed by atoms with Crippen LogP contribution in [0.4, 0.5) is 0 Å². The van der Waals surface area contributed by atoms with Crippen LogP contribution in [-0.4, -0.2) is 15.6 Å². The Kier molecular flexibility index (Phi) is 3.51. The number of benzene rings is 2. The van der Waals surface area contributed by atoms with E-state index >= 15 is 0 Å². The highest BCUT2D eigenvalue weighted by Crippen LogP contribution is 2.14. The molecule has 0 saturated heterocycles. The fourth-order valence-corrected chi connectivity index (χ4v) is 2.52. The zero-order valence-electron chi connectivity index (χ0n) is 12.1. The third kappa shape index (κ3) is 2.51. The van der Waals surface area contributed by atoms with E-state index in [0.29, 0.717) is 11.9 Å². The largest absolute Gasteiger partial charge is 0.477 e. The van der Waals surface area contributed by atoms with Crippen LogP contribution in [-0.2, 0) is 6.54 Å². The Balaban J connectivity index is 2.19. The molecule has 0 bridgehead atoms. The number of nitrogens with zero attached hydrogens (tertiary/aromatic N) is 1. The highest BCUT2D eigenvalue weighted by molar-refractivity contribution is 5.92. The lowest BCUT2D eigenvalue weighted by molar-refractivity contribution is 0.0695. The topological polar surface area (TPSA) is 59.3 Å². The van der Waals surface area contributed by atoms with Crippen LogP contribution in [0.5, 0.6) is 0 Å². The second-order valence-electron chi connectivity index (χ2n) is 5.31. The normalized spacial score (nSPS) is 10.8. The molecule has 0 radical (unpaired) electrons. The molecule has 0 saturated carbocycles. The van der Waals surface area contributed by atoms with Gasteiger partial charge >= 0.3 is 5.97 Å². The average molecular weight is 293 g/mol. The number of carboxylic acid groups (broad SMARTS) is 1. The first kappa shape index (κ1) is 14.1. The number of aryl methyl sites for hydroxylation is 1. The Morgan fingerprint density at radius 1 is 1.09 bits per heavy atom. The van der Waals surface area contributed by atoms with Crippen molar-refractivity contribution in [1.29, 1.82) is 0 Å². The fraction of sp³-hybridized carbons (Fsp3) is 0.111. The van der Waals surface area contributed by atoms with E-state index in [9.17, 15) is 14.7 Å². The Morgan fingerprint density at radius 3 is 2.45 bits per heavy atom. The second kappa shape index (κ2) is 5.48. The standard InChI is InChI=1S/C18H15NO3/c1-12-6-8-13(9-7-12)10-19-11-15(18(21)22)17(20)14-4-2-3-5-16(14)19/h2-9,11H,10H2,1H3,(H,21,22). The summed E-state index contributed by atoms with van der Waals surface area (Å²) in [6.45, 7) is 2.53. The quantitative estimate of drug-likeness (QED) is 0.807. The fourth-order valence-electron chi connectivity index (χ4n) is 2.52. The monoisotopic (exact) mass is 293 g/mol. The Labute approximate surface area is 127 Å². The van der Waals surface area contributed by atoms with Gasteiger partial charge in [0, 0.05) is 18.1 Å². The lowest BCUT2D eigenvalue weighted by atomic mass is 10.1. The molecular weight excluding hydrogens is 278 g/mol. The first-order chi connectivity index (χ1) is 10.6. The van der Waals surface area contributed by atoms with Gasteiger partial charge in [0.25, 0.3) is 0 Å². The van der Waals surface area contributed by atoms with E-state index < -0.39 is 11.4 Å². The van der Waals surface area contributed by atoms with E-state index in [2.05, 4.69) is 0 Å². The number of fused-ring (bicyclic) bond motifs is 1. The lowest BCUT2D eigenvalue weighted by Gasteiger charge is -2.12. The molecular formula is C18H15NO3. The van der Waals surface area contributed by atoms with Gasteiger partial charge in [-0.05, 0) is 24.6 Å². The summed E-state index contributed by atoms with van der Waals surface area (Å²) >= 11 is 0. The summed E-state index contributed by atoms with van der Waals surface area (Å²) in [4.78, 5) is 23.5. The van der Waals surface area contributed by atoms with Crippen molar-refractivity contribution in [3.05, 3.63) is 81.6 Å². The van der Waals surface area contributed by atoms with Crippen molar-refractivity contribution in [1.82, 2.24) is 4.57 Å². The van der Waals surface area contributed by atoms with Gasteiger partial charge in [0.05, 0.1) is 5.52 Å². The van der Waals surface area contributed by atoms with E-state index in [1.165, 1.54) is 11.8 Å². The van der Waals surface area contributed by atoms with Crippen LogP contribution in [0.1, 0.15) is 21.5 Å². The van der Waals surface area contributed by atoms with Gasteiger partial charge in [-0.25, -0.2) is 4.79 Å². The van der Waals surface area contributed by atoms with Crippen LogP contribution >= 0.6 is 0 Å². The number of hydrogen-bond acceptors (Lipinski definition) is 2. The van der Waals surface area contributed by atoms with Gasteiger partial charge in [0.2, 0.25) is 5.43 Å². The van der Waals surface area contributed by atoms with Crippen molar-refractivity contribution in [3.8, 4) is 0 Å². The van der Waals surface area contributed by atoms with Crippen LogP contribution in [0.25, 0.3) is 10.9 Å². The molecule has 1 aromatic heterocycles. The van der Waals surface area contributed by atoms with Gasteiger partial charge in [-0.3, -0.25) is 4.79 Å². The number of para-hydroxylation sites is 1. The molecule has 0 fully saturated rings. The van der Waals surface area contributed by atoms with Crippen molar-refractivity contribution in [2.45, 2.75) is 13.5 Å². The summed E-state index contributed by atoms with van der Waals surface area (Å²) in [5.41, 5.74) is 2.31. The molecule has 22 heavy (non-hydrogen) atoms. The van der Waals surface area contributed by atoms with E-state index in [1.807, 2.05) is 47.9 Å². The SMILES string of the molecule is Cc1ccc(Cn2cc(C(=O)O)c(=O)c3ccccc32)cc1. The number of rotatable bonds is 3. The minimum Gasteiger partial charge on any atom is -0.477 e. The Morgan fingerprint density at radius 2 is 1.77 bits per heavy atom. The number of carbonyl (C=O) groups is 1. The number of aromatic nitrogens is 1. The van der Waals surface area contributed by atoms with E-state index in [4.69, 9.17) is 0 Å². The van der Waals surface area contributed by atoms with Crippen molar-refractivity contribution in [3.63, 3.8) is 0 Å². The molecule has 3 aromatic rings. The van der Waals surface area contributed by atoms with Crippen molar-refractivity contribution in [2.24, 2.45) is 0 Å². The smallest absolute Gasteiger partial charge is 0.341 e. The molecule has 0 aliphatic carbocycles. The summed E-state index contributed by atoms with van der Waals surface area (Å²) in [5.74, 6) is -1.20. The van der Waals surface area contributed by atoms with Crippen LogP contribution in [0.15, 0.2) is 59.5 Å². The Bertz CT molecular complexity index is 908. The van der Waals surface area contributed by atoms with Gasteiger partial charge in [-0.2, -0.15) is 0 Å². The number of aromatic carboxylic acids is 1. The highest BCUT2D eigenvalue weighted by atomic mass is 16.4. The number of hydrogen-bond donors (Lipinski definition) is 1. The van der Waals surface area contributed by atoms with Gasteiger partial charge < -0.3 is 9.67 Å². The molecule has 0 aliphatic heterocycles. The lowest BCUT2D eigenvalue weighted by Crippen LogP contribution is -2.19. The second-order valence-corrected chi connectivity index (χ2v) is 5.31. The molecule has 0 aliphatic rings. The third-order valence-electron chi connectivity index (χ3n) is 3.69. The molecule has 110 valence electrons. The highest BCUT2D eigenvalue weighted by Gasteiger charge is 2.14. The zero-order chi connectivity index (χ0) is 15.7. The van der Waals surface area contributed by atoms with Gasteiger partial charge in [0.1, 0.15) is 5.56 Å². The zero-order valence-corrected chi connectivity index (χ0v) is 12.1. The summed E-state index contributed by atoms with van der Waals surface area (Å²) in [6, 6.07) is 15.1. The van der Waals surface area contributed by atoms with Gasteiger partial charge in [-0.1, -0.05) is 42.0 Å². The number of carboxylic acids is 1. The predicted molar refractivity (Wildman–Crippen MR) is 85.4 cm³/mol. The summed E-state index contributed by atoms with van der Waals surface area (Å²) < 4.78 is 1.81. The first-order valence-corrected chi connectivity index (χ1v) is 6.97. The van der Waals surface area contributed by atoms with Crippen molar-refractivity contribution in [2.75, 3.05) is 0 Å². The molecule has 2 aromatic carbocycles. The molecule has 4 nitrogen and oxygen atoms in total. The van der Waals surface area contributed by atoms with E-state index in [0.717, 1.165) is 11.1 Å². The van der Waals surface area contributed by atoms with Crippen LogP contribution in [0.2, 0.25) is 0 Å². The van der Waals surface area contributed by atoms with E-state index in [-0.39, 0.29) is 5.56 Å². The molecule has 0 amide bonds.